The van der Waals surface area contributed by atoms with E-state index in [2.05, 4.69) is 0 Å². The first-order valence-electron chi connectivity index (χ1n) is 3.75. The number of nitrogens with zero attached hydrogens (tertiary/aromatic N) is 1. The van der Waals surface area contributed by atoms with E-state index in [4.69, 9.17) is 11.5 Å². The zero-order valence-electron chi connectivity index (χ0n) is 7.24. The topological polar surface area (TPSA) is 106 Å². The Morgan fingerprint density at radius 1 is 1.62 bits per heavy atom. The van der Waals surface area contributed by atoms with Crippen LogP contribution in [0, 0.1) is 0 Å². The molecule has 0 bridgehead atoms. The van der Waals surface area contributed by atoms with Gasteiger partial charge in [0.1, 0.15) is 5.54 Å². The van der Waals surface area contributed by atoms with E-state index in [1.54, 1.807) is 0 Å². The third-order valence-electron chi connectivity index (χ3n) is 2.06. The SMILES string of the molecule is CN1C(=O)CC(N)(CC(N)=O)C1=O. The number of hydrogen-bond acceptors (Lipinski definition) is 4. The van der Waals surface area contributed by atoms with Crippen molar-refractivity contribution < 1.29 is 14.4 Å². The molecule has 3 amide bonds. The van der Waals surface area contributed by atoms with Crippen molar-refractivity contribution in [3.8, 4) is 0 Å². The second kappa shape index (κ2) is 2.81. The summed E-state index contributed by atoms with van der Waals surface area (Å²) < 4.78 is 0. The van der Waals surface area contributed by atoms with Crippen LogP contribution < -0.4 is 11.5 Å². The van der Waals surface area contributed by atoms with E-state index in [-0.39, 0.29) is 18.7 Å². The second-order valence-corrected chi connectivity index (χ2v) is 3.23. The van der Waals surface area contributed by atoms with Crippen LogP contribution in [0.2, 0.25) is 0 Å². The number of rotatable bonds is 2. The zero-order valence-corrected chi connectivity index (χ0v) is 7.24. The lowest BCUT2D eigenvalue weighted by Gasteiger charge is -2.18. The fourth-order valence-electron chi connectivity index (χ4n) is 1.36. The molecule has 13 heavy (non-hydrogen) atoms. The first kappa shape index (κ1) is 9.66. The average molecular weight is 185 g/mol. The molecule has 1 unspecified atom stereocenters. The monoisotopic (exact) mass is 185 g/mol. The van der Waals surface area contributed by atoms with Gasteiger partial charge in [0.15, 0.2) is 0 Å². The van der Waals surface area contributed by atoms with Crippen LogP contribution in [0.5, 0.6) is 0 Å². The molecule has 0 radical (unpaired) electrons. The summed E-state index contributed by atoms with van der Waals surface area (Å²) in [6, 6.07) is 0. The van der Waals surface area contributed by atoms with E-state index in [0.717, 1.165) is 4.90 Å². The Bertz CT molecular complexity index is 285. The average Bonchev–Trinajstić information content (AvgIpc) is 2.14. The first-order chi connectivity index (χ1) is 5.87. The maximum Gasteiger partial charge on any atom is 0.250 e. The third kappa shape index (κ3) is 1.52. The van der Waals surface area contributed by atoms with Gasteiger partial charge >= 0.3 is 0 Å². The molecular formula is C7H11N3O3. The summed E-state index contributed by atoms with van der Waals surface area (Å²) in [5.41, 5.74) is 9.06. The van der Waals surface area contributed by atoms with Crippen LogP contribution in [0.3, 0.4) is 0 Å². The second-order valence-electron chi connectivity index (χ2n) is 3.23. The van der Waals surface area contributed by atoms with Gasteiger partial charge in [-0.3, -0.25) is 19.3 Å². The molecule has 1 aliphatic heterocycles. The highest BCUT2D eigenvalue weighted by Crippen LogP contribution is 2.23. The molecule has 4 N–H and O–H groups in total. The summed E-state index contributed by atoms with van der Waals surface area (Å²) >= 11 is 0. The molecule has 1 atom stereocenters. The predicted octanol–water partition coefficient (Wildman–Crippen LogP) is -2.05. The molecule has 0 aliphatic carbocycles. The minimum Gasteiger partial charge on any atom is -0.370 e. The molecule has 0 aromatic rings. The van der Waals surface area contributed by atoms with Crippen molar-refractivity contribution in [2.75, 3.05) is 7.05 Å². The Labute approximate surface area is 74.8 Å². The molecule has 6 nitrogen and oxygen atoms in total. The molecule has 0 aromatic carbocycles. The Morgan fingerprint density at radius 3 is 2.46 bits per heavy atom. The quantitative estimate of drug-likeness (QED) is 0.483. The lowest BCUT2D eigenvalue weighted by Crippen LogP contribution is -2.49. The standard InChI is InChI=1S/C7H11N3O3/c1-10-5(12)3-7(9,6(10)13)2-4(8)11/h2-3,9H2,1H3,(H2,8,11). The maximum atomic E-state index is 11.3. The molecule has 6 heteroatoms. The molecular weight excluding hydrogens is 174 g/mol. The van der Waals surface area contributed by atoms with Gasteiger partial charge < -0.3 is 11.5 Å². The van der Waals surface area contributed by atoms with Gasteiger partial charge in [-0.1, -0.05) is 0 Å². The van der Waals surface area contributed by atoms with Gasteiger partial charge in [0.25, 0.3) is 0 Å². The Kier molecular flexibility index (Phi) is 2.09. The Morgan fingerprint density at radius 2 is 2.15 bits per heavy atom. The highest BCUT2D eigenvalue weighted by Gasteiger charge is 2.48. The normalized spacial score (nSPS) is 28.3. The predicted molar refractivity (Wildman–Crippen MR) is 43.1 cm³/mol. The molecule has 1 aliphatic rings. The Balaban J connectivity index is 2.87. The summed E-state index contributed by atoms with van der Waals surface area (Å²) in [6.45, 7) is 0. The van der Waals surface area contributed by atoms with Gasteiger partial charge in [0, 0.05) is 7.05 Å². The number of hydrogen-bond donors (Lipinski definition) is 2. The fraction of sp³-hybridized carbons (Fsp3) is 0.571. The van der Waals surface area contributed by atoms with E-state index in [1.165, 1.54) is 7.05 Å². The molecule has 1 heterocycles. The lowest BCUT2D eigenvalue weighted by atomic mass is 9.94. The van der Waals surface area contributed by atoms with Crippen LogP contribution in [0.15, 0.2) is 0 Å². The number of carbonyl (C=O) groups is 3. The molecule has 72 valence electrons. The van der Waals surface area contributed by atoms with Crippen LogP contribution in [0.1, 0.15) is 12.8 Å². The van der Waals surface area contributed by atoms with Crippen molar-refractivity contribution >= 4 is 17.7 Å². The first-order valence-corrected chi connectivity index (χ1v) is 3.75. The van der Waals surface area contributed by atoms with Crippen molar-refractivity contribution in [2.24, 2.45) is 11.5 Å². The number of likely N-dealkylation sites (N-methyl/N-ethyl adjacent to an activating group) is 1. The lowest BCUT2D eigenvalue weighted by molar-refractivity contribution is -0.139. The van der Waals surface area contributed by atoms with Crippen LogP contribution in [-0.4, -0.2) is 35.2 Å². The van der Waals surface area contributed by atoms with Crippen molar-refractivity contribution in [3.63, 3.8) is 0 Å². The summed E-state index contributed by atoms with van der Waals surface area (Å²) in [7, 11) is 1.33. The van der Waals surface area contributed by atoms with Crippen LogP contribution in [0.4, 0.5) is 0 Å². The number of primary amides is 1. The fourth-order valence-corrected chi connectivity index (χ4v) is 1.36. The van der Waals surface area contributed by atoms with Crippen LogP contribution in [-0.2, 0) is 14.4 Å². The number of nitrogens with two attached hydrogens (primary N) is 2. The van der Waals surface area contributed by atoms with Crippen LogP contribution in [0.25, 0.3) is 0 Å². The summed E-state index contributed by atoms with van der Waals surface area (Å²) in [5, 5.41) is 0. The number of imide groups is 1. The van der Waals surface area contributed by atoms with Crippen LogP contribution >= 0.6 is 0 Å². The number of likely N-dealkylation sites (tertiary alicyclic amines) is 1. The van der Waals surface area contributed by atoms with Gasteiger partial charge in [-0.15, -0.1) is 0 Å². The summed E-state index contributed by atoms with van der Waals surface area (Å²) in [5.74, 6) is -1.61. The maximum absolute atomic E-state index is 11.3. The largest absolute Gasteiger partial charge is 0.370 e. The van der Waals surface area contributed by atoms with Gasteiger partial charge in [-0.25, -0.2) is 0 Å². The minimum atomic E-state index is -1.42. The van der Waals surface area contributed by atoms with E-state index >= 15 is 0 Å². The van der Waals surface area contributed by atoms with Gasteiger partial charge in [-0.05, 0) is 0 Å². The van der Waals surface area contributed by atoms with Crippen molar-refractivity contribution in [1.29, 1.82) is 0 Å². The summed E-state index contributed by atoms with van der Waals surface area (Å²) in [6.07, 6.45) is -0.437. The van der Waals surface area contributed by atoms with E-state index < -0.39 is 17.4 Å². The number of carbonyl (C=O) groups excluding carboxylic acids is 3. The van der Waals surface area contributed by atoms with E-state index in [0.29, 0.717) is 0 Å². The third-order valence-corrected chi connectivity index (χ3v) is 2.06. The molecule has 1 fully saturated rings. The molecule has 1 saturated heterocycles. The smallest absolute Gasteiger partial charge is 0.250 e. The molecule has 1 rings (SSSR count). The van der Waals surface area contributed by atoms with E-state index in [9.17, 15) is 14.4 Å². The highest BCUT2D eigenvalue weighted by molar-refractivity contribution is 6.09. The van der Waals surface area contributed by atoms with Gasteiger partial charge in [-0.2, -0.15) is 0 Å². The van der Waals surface area contributed by atoms with Gasteiger partial charge in [0.05, 0.1) is 12.8 Å². The van der Waals surface area contributed by atoms with Crippen molar-refractivity contribution in [3.05, 3.63) is 0 Å². The minimum absolute atomic E-state index is 0.148. The van der Waals surface area contributed by atoms with E-state index in [1.807, 2.05) is 0 Å². The van der Waals surface area contributed by atoms with Gasteiger partial charge in [0.2, 0.25) is 17.7 Å². The number of amides is 3. The highest BCUT2D eigenvalue weighted by atomic mass is 16.2. The van der Waals surface area contributed by atoms with Crippen molar-refractivity contribution in [2.45, 2.75) is 18.4 Å². The van der Waals surface area contributed by atoms with Crippen molar-refractivity contribution in [1.82, 2.24) is 4.90 Å². The zero-order chi connectivity index (χ0) is 10.2. The molecule has 0 saturated carbocycles. The Hall–Kier alpha value is -1.43. The molecule has 0 spiro atoms. The summed E-state index contributed by atoms with van der Waals surface area (Å²) in [4.78, 5) is 33.9. The molecule has 0 aromatic heterocycles.